The van der Waals surface area contributed by atoms with Gasteiger partial charge in [0.2, 0.25) is 0 Å². The van der Waals surface area contributed by atoms with Gasteiger partial charge in [0.05, 0.1) is 11.9 Å². The molecule has 0 saturated carbocycles. The molecule has 1 N–H and O–H groups in total. The SMILES string of the molecule is COCCC(C)(C)CNc1cnn(C)c(=O)c1Cl. The molecule has 1 aromatic heterocycles. The highest BCUT2D eigenvalue weighted by molar-refractivity contribution is 6.32. The van der Waals surface area contributed by atoms with Crippen LogP contribution in [0.15, 0.2) is 11.0 Å². The number of nitrogens with zero attached hydrogens (tertiary/aromatic N) is 2. The van der Waals surface area contributed by atoms with Crippen LogP contribution in [0.2, 0.25) is 5.02 Å². The number of nitrogens with one attached hydrogen (secondary N) is 1. The highest BCUT2D eigenvalue weighted by Gasteiger charge is 2.18. The van der Waals surface area contributed by atoms with Crippen LogP contribution in [0.3, 0.4) is 0 Å². The molecular formula is C12H20ClN3O2. The van der Waals surface area contributed by atoms with E-state index in [1.165, 1.54) is 4.68 Å². The van der Waals surface area contributed by atoms with Crippen molar-refractivity contribution in [1.82, 2.24) is 9.78 Å². The Morgan fingerprint density at radius 1 is 1.56 bits per heavy atom. The molecule has 0 spiro atoms. The van der Waals surface area contributed by atoms with E-state index in [1.54, 1.807) is 20.4 Å². The molecule has 102 valence electrons. The molecular weight excluding hydrogens is 254 g/mol. The van der Waals surface area contributed by atoms with Gasteiger partial charge in [0.25, 0.3) is 5.56 Å². The quantitative estimate of drug-likeness (QED) is 0.860. The van der Waals surface area contributed by atoms with Gasteiger partial charge in [-0.3, -0.25) is 4.79 Å². The Morgan fingerprint density at radius 2 is 2.22 bits per heavy atom. The Hall–Kier alpha value is -1.07. The average molecular weight is 274 g/mol. The Balaban J connectivity index is 2.69. The fourth-order valence-corrected chi connectivity index (χ4v) is 1.67. The van der Waals surface area contributed by atoms with Crippen molar-refractivity contribution >= 4 is 17.3 Å². The number of hydrogen-bond donors (Lipinski definition) is 1. The Kier molecular flexibility index (Phi) is 5.16. The molecule has 0 atom stereocenters. The third-order valence-corrected chi connectivity index (χ3v) is 3.18. The third kappa shape index (κ3) is 3.99. The number of hydrogen-bond acceptors (Lipinski definition) is 4. The van der Waals surface area contributed by atoms with Gasteiger partial charge in [-0.25, -0.2) is 4.68 Å². The van der Waals surface area contributed by atoms with Crippen molar-refractivity contribution in [3.05, 3.63) is 21.6 Å². The van der Waals surface area contributed by atoms with Crippen molar-refractivity contribution < 1.29 is 4.74 Å². The summed E-state index contributed by atoms with van der Waals surface area (Å²) in [6.07, 6.45) is 2.49. The summed E-state index contributed by atoms with van der Waals surface area (Å²) in [5, 5.41) is 7.28. The lowest BCUT2D eigenvalue weighted by atomic mass is 9.89. The standard InChI is InChI=1S/C12H20ClN3O2/c1-12(2,5-6-18-4)8-14-9-7-15-16(3)11(17)10(9)13/h7,14H,5-6,8H2,1-4H3. The number of halogens is 1. The maximum atomic E-state index is 11.6. The topological polar surface area (TPSA) is 56.1 Å². The third-order valence-electron chi connectivity index (χ3n) is 2.82. The molecule has 0 amide bonds. The van der Waals surface area contributed by atoms with Crippen LogP contribution >= 0.6 is 11.6 Å². The van der Waals surface area contributed by atoms with Crippen LogP contribution in [0.5, 0.6) is 0 Å². The van der Waals surface area contributed by atoms with Gasteiger partial charge in [0.1, 0.15) is 5.02 Å². The van der Waals surface area contributed by atoms with E-state index in [1.807, 2.05) is 0 Å². The number of rotatable bonds is 6. The summed E-state index contributed by atoms with van der Waals surface area (Å²) in [6.45, 7) is 5.66. The normalized spacial score (nSPS) is 11.6. The fraction of sp³-hybridized carbons (Fsp3) is 0.667. The minimum absolute atomic E-state index is 0.0560. The van der Waals surface area contributed by atoms with Crippen molar-refractivity contribution in [2.24, 2.45) is 12.5 Å². The second-order valence-corrected chi connectivity index (χ2v) is 5.44. The minimum atomic E-state index is -0.295. The number of aromatic nitrogens is 2. The van der Waals surface area contributed by atoms with Crippen LogP contribution in [0, 0.1) is 5.41 Å². The molecule has 0 saturated heterocycles. The average Bonchev–Trinajstić information content (AvgIpc) is 2.33. The highest BCUT2D eigenvalue weighted by Crippen LogP contribution is 2.23. The van der Waals surface area contributed by atoms with Gasteiger partial charge in [0, 0.05) is 27.3 Å². The van der Waals surface area contributed by atoms with E-state index >= 15 is 0 Å². The number of methoxy groups -OCH3 is 1. The maximum Gasteiger partial charge on any atom is 0.287 e. The van der Waals surface area contributed by atoms with E-state index < -0.39 is 0 Å². The Labute approximate surface area is 112 Å². The lowest BCUT2D eigenvalue weighted by molar-refractivity contribution is 0.157. The second kappa shape index (κ2) is 6.20. The molecule has 0 unspecified atom stereocenters. The molecule has 1 aromatic rings. The summed E-state index contributed by atoms with van der Waals surface area (Å²) in [5.74, 6) is 0. The van der Waals surface area contributed by atoms with Crippen molar-refractivity contribution in [3.8, 4) is 0 Å². The molecule has 0 bridgehead atoms. The molecule has 1 heterocycles. The molecule has 0 radical (unpaired) electrons. The lowest BCUT2D eigenvalue weighted by Crippen LogP contribution is -2.27. The zero-order valence-corrected chi connectivity index (χ0v) is 12.0. The molecule has 18 heavy (non-hydrogen) atoms. The Morgan fingerprint density at radius 3 is 2.83 bits per heavy atom. The molecule has 5 nitrogen and oxygen atoms in total. The van der Waals surface area contributed by atoms with Gasteiger partial charge in [0.15, 0.2) is 0 Å². The summed E-state index contributed by atoms with van der Waals surface area (Å²) in [7, 11) is 3.26. The fourth-order valence-electron chi connectivity index (χ4n) is 1.44. The molecule has 6 heteroatoms. The van der Waals surface area contributed by atoms with Crippen LogP contribution in [0.4, 0.5) is 5.69 Å². The van der Waals surface area contributed by atoms with Crippen molar-refractivity contribution in [1.29, 1.82) is 0 Å². The molecule has 0 aromatic carbocycles. The number of ether oxygens (including phenoxy) is 1. The van der Waals surface area contributed by atoms with Crippen molar-refractivity contribution in [2.75, 3.05) is 25.6 Å². The lowest BCUT2D eigenvalue weighted by Gasteiger charge is -2.25. The second-order valence-electron chi connectivity index (χ2n) is 5.06. The van der Waals surface area contributed by atoms with Crippen LogP contribution < -0.4 is 10.9 Å². The van der Waals surface area contributed by atoms with Gasteiger partial charge < -0.3 is 10.1 Å². The van der Waals surface area contributed by atoms with Gasteiger partial charge in [-0.05, 0) is 11.8 Å². The van der Waals surface area contributed by atoms with Gasteiger partial charge in [-0.2, -0.15) is 5.10 Å². The first kappa shape index (κ1) is 15.0. The number of anilines is 1. The molecule has 0 aliphatic carbocycles. The van der Waals surface area contributed by atoms with E-state index in [-0.39, 0.29) is 16.0 Å². The molecule has 1 rings (SSSR count). The highest BCUT2D eigenvalue weighted by atomic mass is 35.5. The zero-order valence-electron chi connectivity index (χ0n) is 11.3. The minimum Gasteiger partial charge on any atom is -0.385 e. The summed E-state index contributed by atoms with van der Waals surface area (Å²) < 4.78 is 6.28. The van der Waals surface area contributed by atoms with Crippen LogP contribution in [-0.4, -0.2) is 30.0 Å². The molecule has 0 aliphatic rings. The zero-order chi connectivity index (χ0) is 13.8. The van der Waals surface area contributed by atoms with Crippen LogP contribution in [-0.2, 0) is 11.8 Å². The van der Waals surface area contributed by atoms with Crippen molar-refractivity contribution in [2.45, 2.75) is 20.3 Å². The first-order valence-corrected chi connectivity index (χ1v) is 6.20. The monoisotopic (exact) mass is 273 g/mol. The van der Waals surface area contributed by atoms with Gasteiger partial charge >= 0.3 is 0 Å². The van der Waals surface area contributed by atoms with E-state index in [4.69, 9.17) is 16.3 Å². The predicted molar refractivity (Wildman–Crippen MR) is 73.3 cm³/mol. The molecule has 0 fully saturated rings. The van der Waals surface area contributed by atoms with Crippen LogP contribution in [0.25, 0.3) is 0 Å². The maximum absolute atomic E-state index is 11.6. The van der Waals surface area contributed by atoms with E-state index in [2.05, 4.69) is 24.3 Å². The van der Waals surface area contributed by atoms with Gasteiger partial charge in [-0.1, -0.05) is 25.4 Å². The predicted octanol–water partition coefficient (Wildman–Crippen LogP) is 1.91. The summed E-state index contributed by atoms with van der Waals surface area (Å²) >= 11 is 5.97. The van der Waals surface area contributed by atoms with E-state index in [0.717, 1.165) is 6.42 Å². The van der Waals surface area contributed by atoms with Crippen LogP contribution in [0.1, 0.15) is 20.3 Å². The number of aryl methyl sites for hydroxylation is 1. The first-order chi connectivity index (χ1) is 8.37. The Bertz CT molecular complexity index is 457. The first-order valence-electron chi connectivity index (χ1n) is 5.82. The summed E-state index contributed by atoms with van der Waals surface area (Å²) in [5.41, 5.74) is 0.335. The largest absolute Gasteiger partial charge is 0.385 e. The smallest absolute Gasteiger partial charge is 0.287 e. The van der Waals surface area contributed by atoms with E-state index in [9.17, 15) is 4.79 Å². The van der Waals surface area contributed by atoms with Crippen molar-refractivity contribution in [3.63, 3.8) is 0 Å². The summed E-state index contributed by atoms with van der Waals surface area (Å²) in [4.78, 5) is 11.6. The summed E-state index contributed by atoms with van der Waals surface area (Å²) in [6, 6.07) is 0. The van der Waals surface area contributed by atoms with Gasteiger partial charge in [-0.15, -0.1) is 0 Å². The van der Waals surface area contributed by atoms with E-state index in [0.29, 0.717) is 18.8 Å². The molecule has 0 aliphatic heterocycles.